The average Bonchev–Trinajstić information content (AvgIpc) is 2.77. The summed E-state index contributed by atoms with van der Waals surface area (Å²) in [6.07, 6.45) is 2.51. The largest absolute Gasteiger partial charge is 0.461 e. The van der Waals surface area contributed by atoms with Crippen LogP contribution in [0, 0.1) is 12.8 Å². The number of nitrogens with zero attached hydrogens (tertiary/aromatic N) is 1. The van der Waals surface area contributed by atoms with Crippen LogP contribution in [0.5, 0.6) is 0 Å². The number of piperidine rings is 1. The summed E-state index contributed by atoms with van der Waals surface area (Å²) in [5.74, 6) is 1.69. The minimum atomic E-state index is 0.630. The minimum absolute atomic E-state index is 0.630. The number of rotatable bonds is 3. The van der Waals surface area contributed by atoms with Crippen LogP contribution in [0.25, 0.3) is 11.0 Å². The summed E-state index contributed by atoms with van der Waals surface area (Å²) in [5.41, 5.74) is 8.20. The molecule has 2 aromatic rings. The van der Waals surface area contributed by atoms with Crippen LogP contribution < -0.4 is 5.73 Å². The summed E-state index contributed by atoms with van der Waals surface area (Å²) in [6.45, 7) is 7.28. The zero-order chi connectivity index (χ0) is 14.1. The third-order valence-electron chi connectivity index (χ3n) is 4.70. The van der Waals surface area contributed by atoms with E-state index in [0.29, 0.717) is 12.0 Å². The number of aryl methyl sites for hydroxylation is 1. The first-order valence-electron chi connectivity index (χ1n) is 7.60. The fraction of sp³-hybridized carbons (Fsp3) is 0.529. The van der Waals surface area contributed by atoms with E-state index in [1.807, 2.05) is 12.1 Å². The lowest BCUT2D eigenvalue weighted by Crippen LogP contribution is -2.43. The Labute approximate surface area is 120 Å². The normalized spacial score (nSPS) is 24.4. The molecule has 0 amide bonds. The summed E-state index contributed by atoms with van der Waals surface area (Å²) < 4.78 is 5.88. The number of nitrogens with two attached hydrogens (primary N) is 1. The highest BCUT2D eigenvalue weighted by Gasteiger charge is 2.26. The van der Waals surface area contributed by atoms with Crippen LogP contribution in [0.4, 0.5) is 0 Å². The van der Waals surface area contributed by atoms with Gasteiger partial charge in [-0.15, -0.1) is 0 Å². The Bertz CT molecular complexity index is 590. The van der Waals surface area contributed by atoms with E-state index in [0.717, 1.165) is 31.0 Å². The van der Waals surface area contributed by atoms with Gasteiger partial charge in [0, 0.05) is 30.1 Å². The van der Waals surface area contributed by atoms with E-state index in [1.165, 1.54) is 23.8 Å². The Morgan fingerprint density at radius 3 is 2.90 bits per heavy atom. The molecular weight excluding hydrogens is 248 g/mol. The Morgan fingerprint density at radius 2 is 2.10 bits per heavy atom. The molecule has 1 aromatic heterocycles. The van der Waals surface area contributed by atoms with Crippen LogP contribution in [0.15, 0.2) is 28.7 Å². The second kappa shape index (κ2) is 5.58. The monoisotopic (exact) mass is 272 g/mol. The van der Waals surface area contributed by atoms with Crippen molar-refractivity contribution in [2.45, 2.75) is 39.3 Å². The Hall–Kier alpha value is -1.32. The fourth-order valence-corrected chi connectivity index (χ4v) is 3.30. The van der Waals surface area contributed by atoms with E-state index in [9.17, 15) is 0 Å². The molecule has 0 saturated carbocycles. The molecule has 1 aromatic carbocycles. The molecule has 2 heterocycles. The predicted molar refractivity (Wildman–Crippen MR) is 82.6 cm³/mol. The van der Waals surface area contributed by atoms with Crippen molar-refractivity contribution in [3.05, 3.63) is 35.6 Å². The fourth-order valence-electron chi connectivity index (χ4n) is 3.30. The van der Waals surface area contributed by atoms with Gasteiger partial charge in [-0.2, -0.15) is 0 Å². The Morgan fingerprint density at radius 1 is 1.30 bits per heavy atom. The minimum Gasteiger partial charge on any atom is -0.461 e. The predicted octanol–water partition coefficient (Wildman–Crippen LogP) is 3.30. The highest BCUT2D eigenvalue weighted by Crippen LogP contribution is 2.29. The lowest BCUT2D eigenvalue weighted by molar-refractivity contribution is 0.113. The molecule has 0 spiro atoms. The number of fused-ring (bicyclic) bond motifs is 1. The topological polar surface area (TPSA) is 42.4 Å². The SMILES string of the molecule is Cc1oc2ccccc2c1CN1CC(CN)CCC1C. The van der Waals surface area contributed by atoms with Gasteiger partial charge < -0.3 is 10.2 Å². The van der Waals surface area contributed by atoms with Gasteiger partial charge in [0.2, 0.25) is 0 Å². The van der Waals surface area contributed by atoms with Gasteiger partial charge in [-0.1, -0.05) is 18.2 Å². The lowest BCUT2D eigenvalue weighted by atomic mass is 9.93. The van der Waals surface area contributed by atoms with Gasteiger partial charge in [0.05, 0.1) is 0 Å². The second-order valence-electron chi connectivity index (χ2n) is 6.09. The summed E-state index contributed by atoms with van der Waals surface area (Å²) in [5, 5.41) is 1.26. The highest BCUT2D eigenvalue weighted by atomic mass is 16.3. The lowest BCUT2D eigenvalue weighted by Gasteiger charge is -2.37. The molecule has 0 radical (unpaired) electrons. The van der Waals surface area contributed by atoms with Gasteiger partial charge in [0.1, 0.15) is 11.3 Å². The summed E-state index contributed by atoms with van der Waals surface area (Å²) in [7, 11) is 0. The molecule has 20 heavy (non-hydrogen) atoms. The van der Waals surface area contributed by atoms with Crippen molar-refractivity contribution in [2.24, 2.45) is 11.7 Å². The average molecular weight is 272 g/mol. The molecule has 0 bridgehead atoms. The molecule has 1 saturated heterocycles. The van der Waals surface area contributed by atoms with E-state index < -0.39 is 0 Å². The summed E-state index contributed by atoms with van der Waals surface area (Å²) in [6, 6.07) is 8.96. The van der Waals surface area contributed by atoms with Gasteiger partial charge in [0.15, 0.2) is 0 Å². The smallest absolute Gasteiger partial charge is 0.134 e. The van der Waals surface area contributed by atoms with Crippen LogP contribution in [0.1, 0.15) is 31.1 Å². The maximum Gasteiger partial charge on any atom is 0.134 e. The van der Waals surface area contributed by atoms with E-state index in [4.69, 9.17) is 10.2 Å². The third-order valence-corrected chi connectivity index (χ3v) is 4.70. The van der Waals surface area contributed by atoms with Crippen LogP contribution in [0.2, 0.25) is 0 Å². The molecule has 2 atom stereocenters. The van der Waals surface area contributed by atoms with Crippen LogP contribution >= 0.6 is 0 Å². The maximum absolute atomic E-state index is 5.88. The van der Waals surface area contributed by atoms with E-state index in [2.05, 4.69) is 30.9 Å². The molecule has 3 heteroatoms. The molecular formula is C17H24N2O. The standard InChI is InChI=1S/C17H24N2O/c1-12-7-8-14(9-18)10-19(12)11-16-13(2)20-17-6-4-3-5-15(16)17/h3-6,12,14H,7-11,18H2,1-2H3. The Kier molecular flexibility index (Phi) is 3.81. The number of hydrogen-bond donors (Lipinski definition) is 1. The van der Waals surface area contributed by atoms with E-state index in [-0.39, 0.29) is 0 Å². The van der Waals surface area contributed by atoms with Crippen LogP contribution in [-0.2, 0) is 6.54 Å². The number of benzene rings is 1. The first-order chi connectivity index (χ1) is 9.69. The quantitative estimate of drug-likeness (QED) is 0.932. The molecule has 108 valence electrons. The van der Waals surface area contributed by atoms with Crippen molar-refractivity contribution < 1.29 is 4.42 Å². The van der Waals surface area contributed by atoms with Gasteiger partial charge >= 0.3 is 0 Å². The van der Waals surface area contributed by atoms with Crippen LogP contribution in [-0.4, -0.2) is 24.0 Å². The van der Waals surface area contributed by atoms with E-state index >= 15 is 0 Å². The van der Waals surface area contributed by atoms with Gasteiger partial charge in [-0.3, -0.25) is 4.90 Å². The van der Waals surface area contributed by atoms with Crippen molar-refractivity contribution in [2.75, 3.05) is 13.1 Å². The number of furan rings is 1. The van der Waals surface area contributed by atoms with Crippen molar-refractivity contribution >= 4 is 11.0 Å². The molecule has 2 N–H and O–H groups in total. The molecule has 1 aliphatic rings. The third kappa shape index (κ3) is 2.48. The molecule has 1 fully saturated rings. The highest BCUT2D eigenvalue weighted by molar-refractivity contribution is 5.82. The van der Waals surface area contributed by atoms with Gasteiger partial charge in [0.25, 0.3) is 0 Å². The van der Waals surface area contributed by atoms with Crippen LogP contribution in [0.3, 0.4) is 0 Å². The molecule has 0 aliphatic carbocycles. The van der Waals surface area contributed by atoms with Gasteiger partial charge in [-0.25, -0.2) is 0 Å². The molecule has 2 unspecified atom stereocenters. The van der Waals surface area contributed by atoms with Crippen molar-refractivity contribution in [3.63, 3.8) is 0 Å². The van der Waals surface area contributed by atoms with Crippen molar-refractivity contribution in [1.29, 1.82) is 0 Å². The molecule has 3 nitrogen and oxygen atoms in total. The zero-order valence-corrected chi connectivity index (χ0v) is 12.4. The Balaban J connectivity index is 1.86. The summed E-state index contributed by atoms with van der Waals surface area (Å²) in [4.78, 5) is 2.56. The van der Waals surface area contributed by atoms with Crippen molar-refractivity contribution in [1.82, 2.24) is 4.90 Å². The number of para-hydroxylation sites is 1. The first-order valence-corrected chi connectivity index (χ1v) is 7.60. The summed E-state index contributed by atoms with van der Waals surface area (Å²) >= 11 is 0. The second-order valence-corrected chi connectivity index (χ2v) is 6.09. The molecule has 3 rings (SSSR count). The first kappa shape index (κ1) is 13.7. The number of likely N-dealkylation sites (tertiary alicyclic amines) is 1. The number of hydrogen-bond acceptors (Lipinski definition) is 3. The molecule has 1 aliphatic heterocycles. The van der Waals surface area contributed by atoms with Gasteiger partial charge in [-0.05, 0) is 45.2 Å². The maximum atomic E-state index is 5.88. The van der Waals surface area contributed by atoms with Crippen molar-refractivity contribution in [3.8, 4) is 0 Å². The van der Waals surface area contributed by atoms with E-state index in [1.54, 1.807) is 0 Å². The zero-order valence-electron chi connectivity index (χ0n) is 12.4.